The van der Waals surface area contributed by atoms with E-state index in [1.807, 2.05) is 0 Å². The number of carbonyl (C=O) groups excluding carboxylic acids is 1. The van der Waals surface area contributed by atoms with Crippen LogP contribution in [0.4, 0.5) is 0 Å². The summed E-state index contributed by atoms with van der Waals surface area (Å²) in [6, 6.07) is -0.894. The first-order valence-electron chi connectivity index (χ1n) is 20.5. The first-order valence-corrected chi connectivity index (χ1v) is 20.5. The molecule has 7 N–H and O–H groups in total. The average molecular weight is 716 g/mol. The minimum atomic E-state index is -1.59. The van der Waals surface area contributed by atoms with Crippen LogP contribution < -0.4 is 5.32 Å². The number of rotatable bonds is 33. The van der Waals surface area contributed by atoms with Crippen molar-refractivity contribution >= 4 is 5.91 Å². The number of hydrogen-bond acceptors (Lipinski definition) is 9. The first kappa shape index (κ1) is 46.9. The molecule has 0 aromatic carbocycles. The summed E-state index contributed by atoms with van der Waals surface area (Å²) < 4.78 is 11.1. The van der Waals surface area contributed by atoms with Crippen molar-refractivity contribution in [3.05, 3.63) is 12.2 Å². The van der Waals surface area contributed by atoms with Gasteiger partial charge >= 0.3 is 0 Å². The lowest BCUT2D eigenvalue weighted by Crippen LogP contribution is -2.60. The molecule has 0 saturated carbocycles. The molecule has 0 bridgehead atoms. The Morgan fingerprint density at radius 1 is 0.660 bits per heavy atom. The van der Waals surface area contributed by atoms with Crippen LogP contribution in [0.2, 0.25) is 0 Å². The minimum Gasteiger partial charge on any atom is -0.394 e. The smallest absolute Gasteiger partial charge is 0.249 e. The van der Waals surface area contributed by atoms with Gasteiger partial charge in [-0.15, -0.1) is 0 Å². The lowest BCUT2D eigenvalue weighted by molar-refractivity contribution is -0.302. The Morgan fingerprint density at radius 2 is 1.14 bits per heavy atom. The highest BCUT2D eigenvalue weighted by Crippen LogP contribution is 2.23. The summed E-state index contributed by atoms with van der Waals surface area (Å²) in [5, 5.41) is 64.4. The van der Waals surface area contributed by atoms with Crippen LogP contribution in [0, 0.1) is 0 Å². The van der Waals surface area contributed by atoms with Crippen LogP contribution in [0.5, 0.6) is 0 Å². The number of amides is 1. The van der Waals surface area contributed by atoms with Gasteiger partial charge < -0.3 is 45.4 Å². The molecule has 1 heterocycles. The van der Waals surface area contributed by atoms with Crippen LogP contribution in [0.1, 0.15) is 174 Å². The summed E-state index contributed by atoms with van der Waals surface area (Å²) in [6.45, 7) is 3.58. The van der Waals surface area contributed by atoms with Crippen molar-refractivity contribution in [1.82, 2.24) is 5.32 Å². The lowest BCUT2D eigenvalue weighted by Gasteiger charge is -2.40. The number of carbonyl (C=O) groups is 1. The number of aliphatic hydroxyl groups is 6. The largest absolute Gasteiger partial charge is 0.394 e. The van der Waals surface area contributed by atoms with Gasteiger partial charge in [-0.1, -0.05) is 154 Å². The zero-order valence-electron chi connectivity index (χ0n) is 31.8. The molecule has 8 atom stereocenters. The number of unbranched alkanes of at least 4 members (excludes halogenated alkanes) is 20. The van der Waals surface area contributed by atoms with Crippen molar-refractivity contribution in [2.24, 2.45) is 0 Å². The SMILES string of the molecule is CCCC/C=C\CCCCCC(O)C(=O)NC(COC1OC(CO)C(O)C(O)C1O)C(O)CCCCCCCCCCCCCCCCCC. The quantitative estimate of drug-likeness (QED) is 0.0302. The second-order valence-corrected chi connectivity index (χ2v) is 14.6. The van der Waals surface area contributed by atoms with Gasteiger partial charge in [0, 0.05) is 0 Å². The van der Waals surface area contributed by atoms with Crippen LogP contribution in [-0.2, 0) is 14.3 Å². The maximum Gasteiger partial charge on any atom is 0.249 e. The van der Waals surface area contributed by atoms with E-state index in [2.05, 4.69) is 31.3 Å². The van der Waals surface area contributed by atoms with E-state index in [0.29, 0.717) is 19.3 Å². The molecule has 0 spiro atoms. The van der Waals surface area contributed by atoms with E-state index in [4.69, 9.17) is 9.47 Å². The third-order valence-corrected chi connectivity index (χ3v) is 9.98. The van der Waals surface area contributed by atoms with E-state index in [0.717, 1.165) is 51.4 Å². The summed E-state index contributed by atoms with van der Waals surface area (Å²) >= 11 is 0. The number of hydrogen-bond donors (Lipinski definition) is 7. The molecule has 10 heteroatoms. The predicted molar refractivity (Wildman–Crippen MR) is 200 cm³/mol. The summed E-state index contributed by atoms with van der Waals surface area (Å²) in [4.78, 5) is 12.9. The van der Waals surface area contributed by atoms with Gasteiger partial charge in [-0.3, -0.25) is 4.79 Å². The molecule has 1 saturated heterocycles. The van der Waals surface area contributed by atoms with Gasteiger partial charge in [-0.05, 0) is 32.1 Å². The molecule has 1 aliphatic heterocycles. The van der Waals surface area contributed by atoms with Crippen LogP contribution in [0.3, 0.4) is 0 Å². The summed E-state index contributed by atoms with van der Waals surface area (Å²) in [7, 11) is 0. The molecule has 50 heavy (non-hydrogen) atoms. The Balaban J connectivity index is 2.44. The predicted octanol–water partition coefficient (Wildman–Crippen LogP) is 6.36. The van der Waals surface area contributed by atoms with Crippen molar-refractivity contribution in [2.75, 3.05) is 13.2 Å². The van der Waals surface area contributed by atoms with E-state index in [-0.39, 0.29) is 6.61 Å². The molecule has 0 radical (unpaired) electrons. The average Bonchev–Trinajstić information content (AvgIpc) is 3.11. The maximum absolute atomic E-state index is 12.9. The number of allylic oxidation sites excluding steroid dienone is 2. The zero-order chi connectivity index (χ0) is 36.8. The van der Waals surface area contributed by atoms with Crippen LogP contribution in [0.15, 0.2) is 12.2 Å². The van der Waals surface area contributed by atoms with Crippen molar-refractivity contribution in [3.8, 4) is 0 Å². The van der Waals surface area contributed by atoms with Gasteiger partial charge in [0.1, 0.15) is 30.5 Å². The molecule has 0 aromatic rings. The van der Waals surface area contributed by atoms with Gasteiger partial charge in [-0.2, -0.15) is 0 Å². The first-order chi connectivity index (χ1) is 24.3. The van der Waals surface area contributed by atoms with Crippen LogP contribution >= 0.6 is 0 Å². The molecule has 296 valence electrons. The molecular formula is C40H77NO9. The zero-order valence-corrected chi connectivity index (χ0v) is 31.8. The Kier molecular flexibility index (Phi) is 29.5. The normalized spacial score (nSPS) is 22.9. The second-order valence-electron chi connectivity index (χ2n) is 14.6. The highest BCUT2D eigenvalue weighted by molar-refractivity contribution is 5.80. The van der Waals surface area contributed by atoms with Crippen molar-refractivity contribution < 1.29 is 44.9 Å². The fourth-order valence-corrected chi connectivity index (χ4v) is 6.50. The molecule has 1 amide bonds. The standard InChI is InChI=1S/C40H77NO9/c1-3-5-7-9-11-13-14-15-16-17-18-19-21-22-24-26-28-33(43)32(31-49-40-38(47)37(46)36(45)35(30-42)50-40)41-39(48)34(44)29-27-25-23-20-12-10-8-6-4-2/h10,12,32-38,40,42-47H,3-9,11,13-31H2,1-2H3,(H,41,48)/b12-10-. The van der Waals surface area contributed by atoms with E-state index in [1.54, 1.807) is 0 Å². The molecule has 0 aromatic heterocycles. The van der Waals surface area contributed by atoms with Gasteiger partial charge in [0.2, 0.25) is 5.91 Å². The number of ether oxygens (including phenoxy) is 2. The topological polar surface area (TPSA) is 169 Å². The summed E-state index contributed by atoms with van der Waals surface area (Å²) in [5.41, 5.74) is 0. The van der Waals surface area contributed by atoms with Gasteiger partial charge in [0.05, 0.1) is 25.4 Å². The third kappa shape index (κ3) is 22.1. The fourth-order valence-electron chi connectivity index (χ4n) is 6.50. The van der Waals surface area contributed by atoms with E-state index < -0.39 is 61.5 Å². The van der Waals surface area contributed by atoms with Crippen molar-refractivity contribution in [3.63, 3.8) is 0 Å². The molecule has 10 nitrogen and oxygen atoms in total. The van der Waals surface area contributed by atoms with E-state index in [9.17, 15) is 35.4 Å². The molecule has 8 unspecified atom stereocenters. The monoisotopic (exact) mass is 716 g/mol. The number of nitrogens with one attached hydrogen (secondary N) is 1. The van der Waals surface area contributed by atoms with E-state index in [1.165, 1.54) is 89.9 Å². The summed E-state index contributed by atoms with van der Waals surface area (Å²) in [6.07, 6.45) is 22.7. The van der Waals surface area contributed by atoms with Gasteiger partial charge in [0.15, 0.2) is 6.29 Å². The molecule has 0 aliphatic carbocycles. The van der Waals surface area contributed by atoms with Gasteiger partial charge in [-0.25, -0.2) is 0 Å². The highest BCUT2D eigenvalue weighted by Gasteiger charge is 2.44. The Bertz CT molecular complexity index is 814. The molecule has 1 aliphatic rings. The molecule has 1 rings (SSSR count). The maximum atomic E-state index is 12.9. The Labute approximate surface area is 304 Å². The Morgan fingerprint density at radius 3 is 1.68 bits per heavy atom. The third-order valence-electron chi connectivity index (χ3n) is 9.98. The molecule has 1 fully saturated rings. The van der Waals surface area contributed by atoms with Gasteiger partial charge in [0.25, 0.3) is 0 Å². The van der Waals surface area contributed by atoms with Crippen molar-refractivity contribution in [2.45, 2.75) is 223 Å². The second kappa shape index (κ2) is 31.4. The fraction of sp³-hybridized carbons (Fsp3) is 0.925. The number of aliphatic hydroxyl groups excluding tert-OH is 6. The van der Waals surface area contributed by atoms with Crippen LogP contribution in [-0.4, -0.2) is 98.7 Å². The lowest BCUT2D eigenvalue weighted by atomic mass is 9.99. The van der Waals surface area contributed by atoms with E-state index >= 15 is 0 Å². The van der Waals surface area contributed by atoms with Crippen molar-refractivity contribution in [1.29, 1.82) is 0 Å². The Hall–Kier alpha value is -1.11. The minimum absolute atomic E-state index is 0.258. The molecular weight excluding hydrogens is 638 g/mol. The highest BCUT2D eigenvalue weighted by atomic mass is 16.7. The summed E-state index contributed by atoms with van der Waals surface area (Å²) in [5.74, 6) is -0.599. The van der Waals surface area contributed by atoms with Crippen LogP contribution in [0.25, 0.3) is 0 Å².